The van der Waals surface area contributed by atoms with Gasteiger partial charge in [-0.2, -0.15) is 0 Å². The Morgan fingerprint density at radius 3 is 3.11 bits per heavy atom. The maximum atomic E-state index is 12.1. The summed E-state index contributed by atoms with van der Waals surface area (Å²) in [4.78, 5) is 19.8. The Labute approximate surface area is 112 Å². The van der Waals surface area contributed by atoms with Crippen molar-refractivity contribution < 1.29 is 4.79 Å². The van der Waals surface area contributed by atoms with E-state index in [2.05, 4.69) is 4.98 Å². The summed E-state index contributed by atoms with van der Waals surface area (Å²) in [5, 5.41) is 1.11. The number of hydrogen-bond donors (Lipinski definition) is 1. The van der Waals surface area contributed by atoms with Crippen LogP contribution in [0.3, 0.4) is 0 Å². The van der Waals surface area contributed by atoms with E-state index in [0.717, 1.165) is 30.7 Å². The van der Waals surface area contributed by atoms with Gasteiger partial charge in [-0.05, 0) is 39.2 Å². The van der Waals surface area contributed by atoms with Gasteiger partial charge >= 0.3 is 0 Å². The number of thiazole rings is 1. The number of aromatic nitrogens is 1. The lowest BCUT2D eigenvalue weighted by atomic mass is 9.96. The van der Waals surface area contributed by atoms with Crippen LogP contribution in [-0.4, -0.2) is 29.4 Å². The van der Waals surface area contributed by atoms with E-state index in [1.807, 2.05) is 18.9 Å². The SMILES string of the molecule is Cc1nc2c(s1)C(N(C)C(=O)CCCN)CCC2. The molecule has 2 N–H and O–H groups in total. The van der Waals surface area contributed by atoms with Gasteiger partial charge < -0.3 is 10.6 Å². The van der Waals surface area contributed by atoms with Crippen molar-refractivity contribution in [2.75, 3.05) is 13.6 Å². The van der Waals surface area contributed by atoms with Crippen molar-refractivity contribution in [2.24, 2.45) is 5.73 Å². The number of nitrogens with two attached hydrogens (primary N) is 1. The average Bonchev–Trinajstić information content (AvgIpc) is 2.74. The minimum absolute atomic E-state index is 0.198. The Bertz CT molecular complexity index is 430. The molecule has 0 fully saturated rings. The summed E-state index contributed by atoms with van der Waals surface area (Å²) in [5.41, 5.74) is 6.66. The van der Waals surface area contributed by atoms with E-state index in [9.17, 15) is 4.79 Å². The molecule has 1 atom stereocenters. The Hall–Kier alpha value is -0.940. The van der Waals surface area contributed by atoms with Gasteiger partial charge in [0.15, 0.2) is 0 Å². The smallest absolute Gasteiger partial charge is 0.222 e. The van der Waals surface area contributed by atoms with Crippen LogP contribution >= 0.6 is 11.3 Å². The quantitative estimate of drug-likeness (QED) is 0.908. The standard InChI is InChI=1S/C13H21N3OS/c1-9-15-10-5-3-6-11(13(10)18-9)16(2)12(17)7-4-8-14/h11H,3-8,14H2,1-2H3. The van der Waals surface area contributed by atoms with Gasteiger partial charge in [0.05, 0.1) is 21.6 Å². The Kier molecular flexibility index (Phi) is 4.35. The van der Waals surface area contributed by atoms with Crippen LogP contribution in [0.2, 0.25) is 0 Å². The summed E-state index contributed by atoms with van der Waals surface area (Å²) in [6, 6.07) is 0.227. The predicted octanol–water partition coefficient (Wildman–Crippen LogP) is 2.03. The molecule has 1 unspecified atom stereocenters. The molecule has 0 bridgehead atoms. The first kappa shape index (κ1) is 13.5. The zero-order chi connectivity index (χ0) is 13.1. The molecule has 100 valence electrons. The van der Waals surface area contributed by atoms with Gasteiger partial charge in [-0.25, -0.2) is 4.98 Å². The second-order valence-electron chi connectivity index (χ2n) is 4.85. The van der Waals surface area contributed by atoms with Crippen molar-refractivity contribution in [3.05, 3.63) is 15.6 Å². The molecule has 2 rings (SSSR count). The van der Waals surface area contributed by atoms with Crippen LogP contribution < -0.4 is 5.73 Å². The molecule has 1 amide bonds. The normalized spacial score (nSPS) is 18.5. The molecule has 5 heteroatoms. The zero-order valence-corrected chi connectivity index (χ0v) is 11.9. The number of aryl methyl sites for hydroxylation is 2. The molecule has 1 aromatic heterocycles. The summed E-state index contributed by atoms with van der Waals surface area (Å²) in [6.45, 7) is 2.62. The van der Waals surface area contributed by atoms with Crippen LogP contribution in [-0.2, 0) is 11.2 Å². The second kappa shape index (κ2) is 5.80. The number of rotatable bonds is 4. The summed E-state index contributed by atoms with van der Waals surface area (Å²) in [5.74, 6) is 0.198. The first-order valence-electron chi connectivity index (χ1n) is 6.55. The molecular formula is C13H21N3OS. The Morgan fingerprint density at radius 1 is 1.61 bits per heavy atom. The van der Waals surface area contributed by atoms with E-state index >= 15 is 0 Å². The average molecular weight is 267 g/mol. The lowest BCUT2D eigenvalue weighted by Gasteiger charge is -2.30. The molecule has 1 aliphatic rings. The fraction of sp³-hybridized carbons (Fsp3) is 0.692. The van der Waals surface area contributed by atoms with Crippen molar-refractivity contribution in [1.29, 1.82) is 0 Å². The van der Waals surface area contributed by atoms with Gasteiger partial charge in [0.2, 0.25) is 5.91 Å². The third-order valence-electron chi connectivity index (χ3n) is 3.48. The first-order valence-corrected chi connectivity index (χ1v) is 7.37. The molecule has 0 saturated heterocycles. The summed E-state index contributed by atoms with van der Waals surface area (Å²) < 4.78 is 0. The maximum absolute atomic E-state index is 12.1. The van der Waals surface area contributed by atoms with Gasteiger partial charge in [-0.3, -0.25) is 4.79 Å². The van der Waals surface area contributed by atoms with Crippen molar-refractivity contribution in [3.63, 3.8) is 0 Å². The summed E-state index contributed by atoms with van der Waals surface area (Å²) in [6.07, 6.45) is 4.55. The number of amides is 1. The number of fused-ring (bicyclic) bond motifs is 1. The third-order valence-corrected chi connectivity index (χ3v) is 4.60. The van der Waals surface area contributed by atoms with Crippen LogP contribution in [0.5, 0.6) is 0 Å². The monoisotopic (exact) mass is 267 g/mol. The maximum Gasteiger partial charge on any atom is 0.222 e. The second-order valence-corrected chi connectivity index (χ2v) is 6.08. The third kappa shape index (κ3) is 2.72. The molecule has 0 aliphatic heterocycles. The minimum atomic E-state index is 0.198. The Morgan fingerprint density at radius 2 is 2.39 bits per heavy atom. The fourth-order valence-corrected chi connectivity index (χ4v) is 3.64. The minimum Gasteiger partial charge on any atom is -0.338 e. The highest BCUT2D eigenvalue weighted by Crippen LogP contribution is 2.37. The lowest BCUT2D eigenvalue weighted by Crippen LogP contribution is -2.32. The number of nitrogens with zero attached hydrogens (tertiary/aromatic N) is 2. The molecule has 1 heterocycles. The summed E-state index contributed by atoms with van der Waals surface area (Å²) in [7, 11) is 1.91. The number of carbonyl (C=O) groups excluding carboxylic acids is 1. The van der Waals surface area contributed by atoms with Crippen LogP contribution in [0, 0.1) is 6.92 Å². The van der Waals surface area contributed by atoms with Crippen molar-refractivity contribution in [3.8, 4) is 0 Å². The fourth-order valence-electron chi connectivity index (χ4n) is 2.49. The first-order chi connectivity index (χ1) is 8.63. The lowest BCUT2D eigenvalue weighted by molar-refractivity contribution is -0.132. The molecule has 0 spiro atoms. The van der Waals surface area contributed by atoms with Crippen LogP contribution in [0.25, 0.3) is 0 Å². The molecular weight excluding hydrogens is 246 g/mol. The van der Waals surface area contributed by atoms with E-state index in [4.69, 9.17) is 5.73 Å². The molecule has 4 nitrogen and oxygen atoms in total. The number of hydrogen-bond acceptors (Lipinski definition) is 4. The van der Waals surface area contributed by atoms with Crippen LogP contribution in [0.15, 0.2) is 0 Å². The van der Waals surface area contributed by atoms with Crippen molar-refractivity contribution >= 4 is 17.2 Å². The molecule has 1 aliphatic carbocycles. The molecule has 0 aromatic carbocycles. The van der Waals surface area contributed by atoms with E-state index in [-0.39, 0.29) is 11.9 Å². The van der Waals surface area contributed by atoms with Gasteiger partial charge in [0.25, 0.3) is 0 Å². The molecule has 0 saturated carbocycles. The highest BCUT2D eigenvalue weighted by Gasteiger charge is 2.29. The number of carbonyl (C=O) groups is 1. The van der Waals surface area contributed by atoms with E-state index in [1.54, 1.807) is 11.3 Å². The molecule has 0 radical (unpaired) electrons. The zero-order valence-electron chi connectivity index (χ0n) is 11.1. The van der Waals surface area contributed by atoms with E-state index in [1.165, 1.54) is 10.6 Å². The predicted molar refractivity (Wildman–Crippen MR) is 73.6 cm³/mol. The topological polar surface area (TPSA) is 59.2 Å². The van der Waals surface area contributed by atoms with E-state index < -0.39 is 0 Å². The van der Waals surface area contributed by atoms with Crippen LogP contribution in [0.1, 0.15) is 47.3 Å². The Balaban J connectivity index is 2.11. The largest absolute Gasteiger partial charge is 0.338 e. The van der Waals surface area contributed by atoms with Crippen LogP contribution in [0.4, 0.5) is 0 Å². The highest BCUT2D eigenvalue weighted by molar-refractivity contribution is 7.11. The summed E-state index contributed by atoms with van der Waals surface area (Å²) >= 11 is 1.74. The molecule has 18 heavy (non-hydrogen) atoms. The van der Waals surface area contributed by atoms with Gasteiger partial charge in [-0.1, -0.05) is 0 Å². The van der Waals surface area contributed by atoms with E-state index in [0.29, 0.717) is 13.0 Å². The highest BCUT2D eigenvalue weighted by atomic mass is 32.1. The van der Waals surface area contributed by atoms with Gasteiger partial charge in [0, 0.05) is 13.5 Å². The van der Waals surface area contributed by atoms with Gasteiger partial charge in [0.1, 0.15) is 0 Å². The van der Waals surface area contributed by atoms with Gasteiger partial charge in [-0.15, -0.1) is 11.3 Å². The molecule has 1 aromatic rings. The van der Waals surface area contributed by atoms with Crippen molar-refractivity contribution in [2.45, 2.75) is 45.1 Å². The van der Waals surface area contributed by atoms with Crippen molar-refractivity contribution in [1.82, 2.24) is 9.88 Å².